The SMILES string of the molecule is CN(C)C(C(=O)N1CCN(c2ccccc2)CC1)c1cccnc1. The van der Waals surface area contributed by atoms with Crippen LogP contribution in [0.25, 0.3) is 0 Å². The van der Waals surface area contributed by atoms with Crippen LogP contribution in [0.2, 0.25) is 0 Å². The number of rotatable bonds is 4. The van der Waals surface area contributed by atoms with Crippen LogP contribution in [-0.2, 0) is 4.79 Å². The summed E-state index contributed by atoms with van der Waals surface area (Å²) in [5.74, 6) is 0.153. The first-order chi connectivity index (χ1) is 11.7. The Hall–Kier alpha value is -2.40. The molecule has 1 unspecified atom stereocenters. The molecule has 1 fully saturated rings. The van der Waals surface area contributed by atoms with E-state index in [1.807, 2.05) is 42.1 Å². The number of para-hydroxylation sites is 1. The summed E-state index contributed by atoms with van der Waals surface area (Å²) < 4.78 is 0. The number of likely N-dealkylation sites (N-methyl/N-ethyl adjacent to an activating group) is 1. The van der Waals surface area contributed by atoms with E-state index in [-0.39, 0.29) is 11.9 Å². The van der Waals surface area contributed by atoms with Gasteiger partial charge in [-0.3, -0.25) is 14.7 Å². The molecule has 1 aromatic carbocycles. The number of anilines is 1. The van der Waals surface area contributed by atoms with E-state index in [0.717, 1.165) is 31.7 Å². The van der Waals surface area contributed by atoms with Gasteiger partial charge < -0.3 is 9.80 Å². The summed E-state index contributed by atoms with van der Waals surface area (Å²) in [5, 5.41) is 0. The van der Waals surface area contributed by atoms with E-state index < -0.39 is 0 Å². The molecule has 5 heteroatoms. The van der Waals surface area contributed by atoms with Crippen molar-refractivity contribution >= 4 is 11.6 Å². The monoisotopic (exact) mass is 324 g/mol. The number of hydrogen-bond donors (Lipinski definition) is 0. The fourth-order valence-corrected chi connectivity index (χ4v) is 3.20. The summed E-state index contributed by atoms with van der Waals surface area (Å²) >= 11 is 0. The first kappa shape index (κ1) is 16.5. The van der Waals surface area contributed by atoms with Crippen LogP contribution in [0.15, 0.2) is 54.9 Å². The lowest BCUT2D eigenvalue weighted by Gasteiger charge is -2.38. The number of nitrogens with zero attached hydrogens (tertiary/aromatic N) is 4. The first-order valence-corrected chi connectivity index (χ1v) is 8.32. The summed E-state index contributed by atoms with van der Waals surface area (Å²) in [6, 6.07) is 13.9. The average Bonchev–Trinajstić information content (AvgIpc) is 2.63. The predicted molar refractivity (Wildman–Crippen MR) is 95.9 cm³/mol. The molecule has 1 aliphatic rings. The maximum Gasteiger partial charge on any atom is 0.244 e. The molecule has 0 spiro atoms. The van der Waals surface area contributed by atoms with E-state index in [9.17, 15) is 4.79 Å². The highest BCUT2D eigenvalue weighted by Gasteiger charge is 2.30. The van der Waals surface area contributed by atoms with Crippen LogP contribution < -0.4 is 4.90 Å². The van der Waals surface area contributed by atoms with Crippen molar-refractivity contribution in [2.24, 2.45) is 0 Å². The summed E-state index contributed by atoms with van der Waals surface area (Å²) in [6.45, 7) is 3.22. The Balaban J connectivity index is 1.67. The van der Waals surface area contributed by atoms with Crippen molar-refractivity contribution in [3.8, 4) is 0 Å². The van der Waals surface area contributed by atoms with Crippen LogP contribution in [0.5, 0.6) is 0 Å². The molecule has 0 saturated carbocycles. The molecule has 0 radical (unpaired) electrons. The van der Waals surface area contributed by atoms with E-state index in [1.165, 1.54) is 5.69 Å². The largest absolute Gasteiger partial charge is 0.368 e. The van der Waals surface area contributed by atoms with Gasteiger partial charge in [-0.2, -0.15) is 0 Å². The van der Waals surface area contributed by atoms with Gasteiger partial charge in [0.15, 0.2) is 0 Å². The molecule has 5 nitrogen and oxygen atoms in total. The summed E-state index contributed by atoms with van der Waals surface area (Å²) in [7, 11) is 3.88. The molecule has 1 atom stereocenters. The van der Waals surface area contributed by atoms with E-state index in [0.29, 0.717) is 0 Å². The van der Waals surface area contributed by atoms with Gasteiger partial charge in [0.1, 0.15) is 6.04 Å². The molecule has 126 valence electrons. The van der Waals surface area contributed by atoms with Crippen molar-refractivity contribution in [2.75, 3.05) is 45.2 Å². The predicted octanol–water partition coefficient (Wildman–Crippen LogP) is 2.03. The van der Waals surface area contributed by atoms with Crippen molar-refractivity contribution in [3.05, 3.63) is 60.4 Å². The van der Waals surface area contributed by atoms with E-state index in [1.54, 1.807) is 12.4 Å². The molecule has 0 aliphatic carbocycles. The van der Waals surface area contributed by atoms with Gasteiger partial charge in [0, 0.05) is 44.3 Å². The van der Waals surface area contributed by atoms with E-state index in [2.05, 4.69) is 34.1 Å². The van der Waals surface area contributed by atoms with Gasteiger partial charge in [-0.25, -0.2) is 0 Å². The number of hydrogen-bond acceptors (Lipinski definition) is 4. The Labute approximate surface area is 143 Å². The number of piperazine rings is 1. The van der Waals surface area contributed by atoms with Crippen molar-refractivity contribution in [1.82, 2.24) is 14.8 Å². The smallest absolute Gasteiger partial charge is 0.244 e. The van der Waals surface area contributed by atoms with Crippen LogP contribution in [0.1, 0.15) is 11.6 Å². The molecule has 2 heterocycles. The topological polar surface area (TPSA) is 39.7 Å². The van der Waals surface area contributed by atoms with Crippen molar-refractivity contribution in [1.29, 1.82) is 0 Å². The second-order valence-corrected chi connectivity index (χ2v) is 6.30. The Bertz CT molecular complexity index is 652. The molecule has 0 bridgehead atoms. The van der Waals surface area contributed by atoms with Gasteiger partial charge >= 0.3 is 0 Å². The summed E-state index contributed by atoms with van der Waals surface area (Å²) in [6.07, 6.45) is 3.52. The Kier molecular flexibility index (Phi) is 5.11. The average molecular weight is 324 g/mol. The molecule has 1 saturated heterocycles. The molecule has 0 N–H and O–H groups in total. The molecular formula is C19H24N4O. The second-order valence-electron chi connectivity index (χ2n) is 6.30. The number of carbonyl (C=O) groups is 1. The minimum atomic E-state index is -0.276. The molecule has 2 aromatic rings. The Morgan fingerprint density at radius 2 is 1.75 bits per heavy atom. The maximum absolute atomic E-state index is 13.0. The van der Waals surface area contributed by atoms with Gasteiger partial charge in [0.25, 0.3) is 0 Å². The lowest BCUT2D eigenvalue weighted by molar-refractivity contribution is -0.136. The zero-order valence-electron chi connectivity index (χ0n) is 14.3. The number of aromatic nitrogens is 1. The van der Waals surface area contributed by atoms with Crippen LogP contribution in [0.3, 0.4) is 0 Å². The second kappa shape index (κ2) is 7.45. The summed E-state index contributed by atoms with van der Waals surface area (Å²) in [4.78, 5) is 23.4. The molecule has 1 aromatic heterocycles. The maximum atomic E-state index is 13.0. The summed E-state index contributed by atoms with van der Waals surface area (Å²) in [5.41, 5.74) is 2.17. The number of pyridine rings is 1. The van der Waals surface area contributed by atoms with E-state index in [4.69, 9.17) is 0 Å². The minimum absolute atomic E-state index is 0.153. The van der Waals surface area contributed by atoms with Crippen molar-refractivity contribution in [2.45, 2.75) is 6.04 Å². The Morgan fingerprint density at radius 1 is 1.04 bits per heavy atom. The number of amides is 1. The van der Waals surface area contributed by atoms with Crippen LogP contribution in [0, 0.1) is 0 Å². The highest BCUT2D eigenvalue weighted by atomic mass is 16.2. The highest BCUT2D eigenvalue weighted by Crippen LogP contribution is 2.22. The normalized spacial score (nSPS) is 16.3. The van der Waals surface area contributed by atoms with Crippen LogP contribution in [0.4, 0.5) is 5.69 Å². The molecule has 24 heavy (non-hydrogen) atoms. The van der Waals surface area contributed by atoms with Crippen LogP contribution in [-0.4, -0.2) is 61.0 Å². The van der Waals surface area contributed by atoms with Gasteiger partial charge in [-0.15, -0.1) is 0 Å². The molecular weight excluding hydrogens is 300 g/mol. The van der Waals surface area contributed by atoms with Crippen molar-refractivity contribution < 1.29 is 4.79 Å². The zero-order chi connectivity index (χ0) is 16.9. The number of benzene rings is 1. The highest BCUT2D eigenvalue weighted by molar-refractivity contribution is 5.83. The van der Waals surface area contributed by atoms with Gasteiger partial charge in [-0.1, -0.05) is 24.3 Å². The third-order valence-corrected chi connectivity index (χ3v) is 4.46. The molecule has 1 aliphatic heterocycles. The van der Waals surface area contributed by atoms with Gasteiger partial charge in [-0.05, 0) is 37.9 Å². The van der Waals surface area contributed by atoms with Gasteiger partial charge in [0.05, 0.1) is 0 Å². The number of carbonyl (C=O) groups excluding carboxylic acids is 1. The van der Waals surface area contributed by atoms with Crippen LogP contribution >= 0.6 is 0 Å². The van der Waals surface area contributed by atoms with E-state index >= 15 is 0 Å². The first-order valence-electron chi connectivity index (χ1n) is 8.32. The minimum Gasteiger partial charge on any atom is -0.368 e. The molecule has 1 amide bonds. The Morgan fingerprint density at radius 3 is 2.33 bits per heavy atom. The third-order valence-electron chi connectivity index (χ3n) is 4.46. The standard InChI is InChI=1S/C19H24N4O/c1-21(2)18(16-7-6-10-20-15-16)19(24)23-13-11-22(12-14-23)17-8-4-3-5-9-17/h3-10,15,18H,11-14H2,1-2H3. The molecule has 3 rings (SSSR count). The van der Waals surface area contributed by atoms with Crippen molar-refractivity contribution in [3.63, 3.8) is 0 Å². The van der Waals surface area contributed by atoms with Gasteiger partial charge in [0.2, 0.25) is 5.91 Å². The lowest BCUT2D eigenvalue weighted by Crippen LogP contribution is -2.51. The third kappa shape index (κ3) is 3.57. The lowest BCUT2D eigenvalue weighted by atomic mass is 10.1. The quantitative estimate of drug-likeness (QED) is 0.863. The fourth-order valence-electron chi connectivity index (χ4n) is 3.20. The zero-order valence-corrected chi connectivity index (χ0v) is 14.3. The fraction of sp³-hybridized carbons (Fsp3) is 0.368.